The average molecular weight is 218 g/mol. The van der Waals surface area contributed by atoms with Crippen LogP contribution in [0.4, 0.5) is 0 Å². The Morgan fingerprint density at radius 1 is 1.38 bits per heavy atom. The number of carbonyl (C=O) groups is 1. The van der Waals surface area contributed by atoms with Crippen molar-refractivity contribution in [3.63, 3.8) is 0 Å². The highest BCUT2D eigenvalue weighted by Gasteiger charge is 2.28. The molecule has 4 nitrogen and oxygen atoms in total. The summed E-state index contributed by atoms with van der Waals surface area (Å²) in [6, 6.07) is 9.38. The van der Waals surface area contributed by atoms with Crippen molar-refractivity contribution in [1.82, 2.24) is 5.32 Å². The highest BCUT2D eigenvalue weighted by Crippen LogP contribution is 2.19. The molecule has 0 saturated heterocycles. The number of hydrogen-bond donors (Lipinski definition) is 1. The Morgan fingerprint density at radius 2 is 2.06 bits per heavy atom. The fourth-order valence-corrected chi connectivity index (χ4v) is 1.70. The van der Waals surface area contributed by atoms with Gasteiger partial charge in [0.25, 0.3) is 0 Å². The SMILES string of the molecule is COC(C1=NC(C)C(=O)N1)c1ccccc1. The lowest BCUT2D eigenvalue weighted by Crippen LogP contribution is -2.31. The number of aliphatic imine (C=N–C) groups is 1. The van der Waals surface area contributed by atoms with Crippen LogP contribution in [0.3, 0.4) is 0 Å². The number of amides is 1. The number of nitrogens with zero attached hydrogens (tertiary/aromatic N) is 1. The first-order valence-electron chi connectivity index (χ1n) is 5.18. The van der Waals surface area contributed by atoms with Gasteiger partial charge in [-0.05, 0) is 12.5 Å². The number of methoxy groups -OCH3 is 1. The van der Waals surface area contributed by atoms with Crippen LogP contribution < -0.4 is 5.32 Å². The lowest BCUT2D eigenvalue weighted by molar-refractivity contribution is -0.119. The Balaban J connectivity index is 2.25. The summed E-state index contributed by atoms with van der Waals surface area (Å²) in [6.07, 6.45) is -0.296. The van der Waals surface area contributed by atoms with Crippen molar-refractivity contribution < 1.29 is 9.53 Å². The van der Waals surface area contributed by atoms with E-state index in [0.29, 0.717) is 5.84 Å². The molecule has 0 saturated carbocycles. The Bertz CT molecular complexity index is 414. The second-order valence-corrected chi connectivity index (χ2v) is 3.71. The minimum atomic E-state index is -0.323. The number of hydrogen-bond acceptors (Lipinski definition) is 3. The van der Waals surface area contributed by atoms with Gasteiger partial charge in [0.05, 0.1) is 0 Å². The van der Waals surface area contributed by atoms with Crippen LogP contribution in [-0.2, 0) is 9.53 Å². The molecule has 2 unspecified atom stereocenters. The van der Waals surface area contributed by atoms with Crippen molar-refractivity contribution in [3.05, 3.63) is 35.9 Å². The van der Waals surface area contributed by atoms with Gasteiger partial charge in [-0.3, -0.25) is 9.79 Å². The predicted molar refractivity (Wildman–Crippen MR) is 61.2 cm³/mol. The third-order valence-electron chi connectivity index (χ3n) is 2.55. The third-order valence-corrected chi connectivity index (χ3v) is 2.55. The zero-order valence-electron chi connectivity index (χ0n) is 9.31. The molecule has 1 aliphatic heterocycles. The van der Waals surface area contributed by atoms with E-state index in [1.807, 2.05) is 30.3 Å². The van der Waals surface area contributed by atoms with Crippen molar-refractivity contribution in [3.8, 4) is 0 Å². The number of nitrogens with one attached hydrogen (secondary N) is 1. The smallest absolute Gasteiger partial charge is 0.249 e. The van der Waals surface area contributed by atoms with Crippen molar-refractivity contribution in [1.29, 1.82) is 0 Å². The molecular weight excluding hydrogens is 204 g/mol. The summed E-state index contributed by atoms with van der Waals surface area (Å²) in [5, 5.41) is 2.74. The van der Waals surface area contributed by atoms with Gasteiger partial charge < -0.3 is 10.1 Å². The average Bonchev–Trinajstić information content (AvgIpc) is 2.61. The minimum absolute atomic E-state index is 0.0759. The molecule has 1 aliphatic rings. The van der Waals surface area contributed by atoms with Gasteiger partial charge in [-0.25, -0.2) is 0 Å². The maximum absolute atomic E-state index is 11.4. The summed E-state index contributed by atoms with van der Waals surface area (Å²) >= 11 is 0. The van der Waals surface area contributed by atoms with E-state index in [9.17, 15) is 4.79 Å². The predicted octanol–water partition coefficient (Wildman–Crippen LogP) is 1.29. The largest absolute Gasteiger partial charge is 0.369 e. The number of carbonyl (C=O) groups excluding carboxylic acids is 1. The van der Waals surface area contributed by atoms with Gasteiger partial charge in [0.1, 0.15) is 18.0 Å². The first-order chi connectivity index (χ1) is 7.72. The third kappa shape index (κ3) is 1.97. The van der Waals surface area contributed by atoms with Gasteiger partial charge >= 0.3 is 0 Å². The zero-order valence-corrected chi connectivity index (χ0v) is 9.31. The Morgan fingerprint density at radius 3 is 2.56 bits per heavy atom. The first kappa shape index (κ1) is 10.8. The van der Waals surface area contributed by atoms with E-state index in [2.05, 4.69) is 10.3 Å². The monoisotopic (exact) mass is 218 g/mol. The molecule has 0 spiro atoms. The van der Waals surface area contributed by atoms with Crippen LogP contribution in [0, 0.1) is 0 Å². The fourth-order valence-electron chi connectivity index (χ4n) is 1.70. The normalized spacial score (nSPS) is 21.5. The van der Waals surface area contributed by atoms with Gasteiger partial charge in [0.15, 0.2) is 0 Å². The highest BCUT2D eigenvalue weighted by atomic mass is 16.5. The Labute approximate surface area is 94.3 Å². The molecule has 0 bridgehead atoms. The standard InChI is InChI=1S/C12H14N2O2/c1-8-12(15)14-11(13-8)10(16-2)9-6-4-3-5-7-9/h3-8,10H,1-2H3,(H,13,14,15). The summed E-state index contributed by atoms with van der Waals surface area (Å²) in [7, 11) is 1.61. The molecule has 0 radical (unpaired) electrons. The Hall–Kier alpha value is -1.68. The summed E-state index contributed by atoms with van der Waals surface area (Å²) in [5.74, 6) is 0.513. The molecule has 1 aromatic carbocycles. The van der Waals surface area contributed by atoms with Crippen LogP contribution in [0.2, 0.25) is 0 Å². The van der Waals surface area contributed by atoms with Crippen LogP contribution in [-0.4, -0.2) is 24.9 Å². The van der Waals surface area contributed by atoms with Crippen molar-refractivity contribution in [2.45, 2.75) is 19.1 Å². The van der Waals surface area contributed by atoms with Crippen LogP contribution in [0.25, 0.3) is 0 Å². The highest BCUT2D eigenvalue weighted by molar-refractivity contribution is 6.07. The number of rotatable bonds is 3. The summed E-state index contributed by atoms with van der Waals surface area (Å²) < 4.78 is 5.37. The van der Waals surface area contributed by atoms with Crippen molar-refractivity contribution in [2.75, 3.05) is 7.11 Å². The molecule has 0 aromatic heterocycles. The molecule has 2 atom stereocenters. The van der Waals surface area contributed by atoms with Crippen LogP contribution in [0.5, 0.6) is 0 Å². The number of amidine groups is 1. The van der Waals surface area contributed by atoms with E-state index in [0.717, 1.165) is 5.56 Å². The summed E-state index contributed by atoms with van der Waals surface area (Å²) in [4.78, 5) is 15.6. The van der Waals surface area contributed by atoms with Gasteiger partial charge in [0, 0.05) is 7.11 Å². The molecule has 2 rings (SSSR count). The summed E-state index contributed by atoms with van der Waals surface area (Å²) in [5.41, 5.74) is 0.984. The molecule has 0 aliphatic carbocycles. The molecule has 16 heavy (non-hydrogen) atoms. The number of benzene rings is 1. The molecule has 1 aromatic rings. The summed E-state index contributed by atoms with van der Waals surface area (Å²) in [6.45, 7) is 1.76. The second-order valence-electron chi connectivity index (χ2n) is 3.71. The quantitative estimate of drug-likeness (QED) is 0.831. The molecule has 4 heteroatoms. The van der Waals surface area contributed by atoms with Crippen molar-refractivity contribution in [2.24, 2.45) is 4.99 Å². The fraction of sp³-hybridized carbons (Fsp3) is 0.333. The topological polar surface area (TPSA) is 50.7 Å². The van der Waals surface area contributed by atoms with E-state index in [1.54, 1.807) is 14.0 Å². The second kappa shape index (κ2) is 4.45. The van der Waals surface area contributed by atoms with Crippen LogP contribution >= 0.6 is 0 Å². The maximum atomic E-state index is 11.4. The maximum Gasteiger partial charge on any atom is 0.249 e. The molecule has 0 fully saturated rings. The first-order valence-corrected chi connectivity index (χ1v) is 5.18. The lowest BCUT2D eigenvalue weighted by Gasteiger charge is -2.15. The minimum Gasteiger partial charge on any atom is -0.369 e. The van der Waals surface area contributed by atoms with E-state index in [1.165, 1.54) is 0 Å². The lowest BCUT2D eigenvalue weighted by atomic mass is 10.1. The van der Waals surface area contributed by atoms with Crippen LogP contribution in [0.15, 0.2) is 35.3 Å². The van der Waals surface area contributed by atoms with Gasteiger partial charge in [-0.1, -0.05) is 30.3 Å². The van der Waals surface area contributed by atoms with E-state index >= 15 is 0 Å². The Kier molecular flexibility index (Phi) is 3.01. The van der Waals surface area contributed by atoms with E-state index in [-0.39, 0.29) is 18.1 Å². The zero-order chi connectivity index (χ0) is 11.5. The molecule has 1 amide bonds. The molecule has 1 N–H and O–H groups in total. The van der Waals surface area contributed by atoms with Gasteiger partial charge in [0.2, 0.25) is 5.91 Å². The van der Waals surface area contributed by atoms with E-state index in [4.69, 9.17) is 4.74 Å². The molecule has 1 heterocycles. The van der Waals surface area contributed by atoms with E-state index < -0.39 is 0 Å². The molecule has 84 valence electrons. The van der Waals surface area contributed by atoms with Crippen LogP contribution in [0.1, 0.15) is 18.6 Å². The van der Waals surface area contributed by atoms with Gasteiger partial charge in [-0.15, -0.1) is 0 Å². The number of ether oxygens (including phenoxy) is 1. The molecular formula is C12H14N2O2. The van der Waals surface area contributed by atoms with Crippen molar-refractivity contribution >= 4 is 11.7 Å². The van der Waals surface area contributed by atoms with Gasteiger partial charge in [-0.2, -0.15) is 0 Å².